The first-order chi connectivity index (χ1) is 11.1. The van der Waals surface area contributed by atoms with Gasteiger partial charge < -0.3 is 19.7 Å². The first kappa shape index (κ1) is 17.1. The zero-order valence-corrected chi connectivity index (χ0v) is 13.7. The van der Waals surface area contributed by atoms with Crippen LogP contribution in [-0.2, 0) is 9.53 Å². The summed E-state index contributed by atoms with van der Waals surface area (Å²) in [4.78, 5) is 24.9. The van der Waals surface area contributed by atoms with Crippen LogP contribution in [0.25, 0.3) is 0 Å². The van der Waals surface area contributed by atoms with E-state index >= 15 is 0 Å². The van der Waals surface area contributed by atoms with Crippen molar-refractivity contribution in [1.29, 1.82) is 0 Å². The number of hydrogen-bond donors (Lipinski definition) is 1. The van der Waals surface area contributed by atoms with E-state index < -0.39 is 6.09 Å². The number of piperidine rings is 1. The van der Waals surface area contributed by atoms with E-state index in [1.165, 1.54) is 12.7 Å². The van der Waals surface area contributed by atoms with Gasteiger partial charge in [-0.05, 0) is 31.9 Å². The topological polar surface area (TPSA) is 67.9 Å². The van der Waals surface area contributed by atoms with Gasteiger partial charge in [0.05, 0.1) is 13.7 Å². The highest BCUT2D eigenvalue weighted by Gasteiger charge is 2.24. The Labute approximate surface area is 136 Å². The number of rotatable bonds is 5. The van der Waals surface area contributed by atoms with Gasteiger partial charge in [-0.15, -0.1) is 0 Å². The Bertz CT molecular complexity index is 530. The molecular weight excluding hydrogens is 296 g/mol. The van der Waals surface area contributed by atoms with Gasteiger partial charge in [-0.1, -0.05) is 17.7 Å². The summed E-state index contributed by atoms with van der Waals surface area (Å²) in [6.07, 6.45) is 1.40. The fraction of sp³-hybridized carbons (Fsp3) is 0.529. The third-order valence-electron chi connectivity index (χ3n) is 3.95. The maximum atomic E-state index is 12.1. The number of benzene rings is 1. The van der Waals surface area contributed by atoms with Crippen LogP contribution in [0.2, 0.25) is 0 Å². The van der Waals surface area contributed by atoms with Gasteiger partial charge in [-0.3, -0.25) is 4.79 Å². The Morgan fingerprint density at radius 1 is 1.30 bits per heavy atom. The van der Waals surface area contributed by atoms with Crippen LogP contribution in [-0.4, -0.2) is 50.3 Å². The van der Waals surface area contributed by atoms with Crippen molar-refractivity contribution in [1.82, 2.24) is 10.2 Å². The highest BCUT2D eigenvalue weighted by Crippen LogP contribution is 2.19. The number of methoxy groups -OCH3 is 1. The minimum Gasteiger partial charge on any atom is -0.493 e. The number of aryl methyl sites for hydroxylation is 1. The second-order valence-corrected chi connectivity index (χ2v) is 5.82. The molecule has 1 N–H and O–H groups in total. The van der Waals surface area contributed by atoms with Gasteiger partial charge in [0.1, 0.15) is 12.3 Å². The number of nitrogens with one attached hydrogen (secondary N) is 1. The smallest absolute Gasteiger partial charge is 0.407 e. The highest BCUT2D eigenvalue weighted by molar-refractivity contribution is 5.82. The first-order valence-electron chi connectivity index (χ1n) is 7.87. The summed E-state index contributed by atoms with van der Waals surface area (Å²) in [6, 6.07) is 7.96. The van der Waals surface area contributed by atoms with Crippen LogP contribution in [0, 0.1) is 12.8 Å². The van der Waals surface area contributed by atoms with Crippen molar-refractivity contribution >= 4 is 12.0 Å². The Hall–Kier alpha value is -2.24. The molecular formula is C17H24N2O4. The Morgan fingerprint density at radius 2 is 2.04 bits per heavy atom. The summed E-state index contributed by atoms with van der Waals surface area (Å²) in [5.41, 5.74) is 1.20. The summed E-state index contributed by atoms with van der Waals surface area (Å²) in [5, 5.41) is 2.42. The molecule has 6 heteroatoms. The van der Waals surface area contributed by atoms with Crippen LogP contribution in [0.1, 0.15) is 18.4 Å². The minimum absolute atomic E-state index is 0.0296. The average Bonchev–Trinajstić information content (AvgIpc) is 2.59. The number of amides is 2. The summed E-state index contributed by atoms with van der Waals surface area (Å²) in [5.74, 6) is 1.08. The van der Waals surface area contributed by atoms with Gasteiger partial charge in [0, 0.05) is 19.0 Å². The number of likely N-dealkylation sites (tertiary alicyclic amines) is 1. The van der Waals surface area contributed by atoms with E-state index in [0.29, 0.717) is 19.1 Å². The molecule has 0 radical (unpaired) electrons. The molecule has 0 aromatic heterocycles. The van der Waals surface area contributed by atoms with Crippen molar-refractivity contribution in [2.45, 2.75) is 19.8 Å². The molecule has 126 valence electrons. The molecule has 1 aliphatic heterocycles. The predicted octanol–water partition coefficient (Wildman–Crippen LogP) is 1.97. The largest absolute Gasteiger partial charge is 0.493 e. The maximum absolute atomic E-state index is 12.1. The molecule has 0 aliphatic carbocycles. The molecule has 1 fully saturated rings. The number of carbonyl (C=O) groups excluding carboxylic acids is 2. The van der Waals surface area contributed by atoms with Crippen molar-refractivity contribution in [2.24, 2.45) is 5.92 Å². The zero-order valence-electron chi connectivity index (χ0n) is 13.7. The van der Waals surface area contributed by atoms with E-state index in [1.54, 1.807) is 4.90 Å². The summed E-state index contributed by atoms with van der Waals surface area (Å²) in [6.45, 7) is 3.99. The van der Waals surface area contributed by atoms with Crippen LogP contribution in [0.4, 0.5) is 4.79 Å². The zero-order chi connectivity index (χ0) is 16.7. The van der Waals surface area contributed by atoms with Gasteiger partial charge in [0.15, 0.2) is 0 Å². The van der Waals surface area contributed by atoms with E-state index in [1.807, 2.05) is 31.2 Å². The second kappa shape index (κ2) is 8.41. The molecule has 1 aromatic rings. The summed E-state index contributed by atoms with van der Waals surface area (Å²) >= 11 is 0. The van der Waals surface area contributed by atoms with Gasteiger partial charge >= 0.3 is 6.09 Å². The van der Waals surface area contributed by atoms with Gasteiger partial charge in [-0.2, -0.15) is 0 Å². The fourth-order valence-corrected chi connectivity index (χ4v) is 2.61. The monoisotopic (exact) mass is 320 g/mol. The molecule has 0 bridgehead atoms. The van der Waals surface area contributed by atoms with E-state index in [4.69, 9.17) is 4.74 Å². The lowest BCUT2D eigenvalue weighted by atomic mass is 9.99. The van der Waals surface area contributed by atoms with Crippen molar-refractivity contribution in [3.63, 3.8) is 0 Å². The van der Waals surface area contributed by atoms with Crippen molar-refractivity contribution in [3.8, 4) is 5.75 Å². The standard InChI is InChI=1S/C17H24N2O4/c1-13-5-7-15(8-6-13)23-12-14-4-3-9-19(11-14)16(20)10-18-17(21)22-2/h5-8,14H,3-4,9-12H2,1-2H3,(H,18,21). The third kappa shape index (κ3) is 5.47. The number of ether oxygens (including phenoxy) is 2. The summed E-state index contributed by atoms with van der Waals surface area (Å²) < 4.78 is 10.3. The fourth-order valence-electron chi connectivity index (χ4n) is 2.61. The van der Waals surface area contributed by atoms with Crippen molar-refractivity contribution in [3.05, 3.63) is 29.8 Å². The van der Waals surface area contributed by atoms with Gasteiger partial charge in [-0.25, -0.2) is 4.79 Å². The molecule has 1 aromatic carbocycles. The number of hydrogen-bond acceptors (Lipinski definition) is 4. The number of carbonyl (C=O) groups is 2. The normalized spacial score (nSPS) is 17.5. The molecule has 2 amide bonds. The van der Waals surface area contributed by atoms with Crippen molar-refractivity contribution < 1.29 is 19.1 Å². The molecule has 2 rings (SSSR count). The van der Waals surface area contributed by atoms with Crippen molar-refractivity contribution in [2.75, 3.05) is 33.4 Å². The average molecular weight is 320 g/mol. The van der Waals surface area contributed by atoms with Gasteiger partial charge in [0.25, 0.3) is 0 Å². The molecule has 1 aliphatic rings. The maximum Gasteiger partial charge on any atom is 0.407 e. The SMILES string of the molecule is COC(=O)NCC(=O)N1CCCC(COc2ccc(C)cc2)C1. The van der Waals surface area contributed by atoms with Crippen LogP contribution < -0.4 is 10.1 Å². The molecule has 1 saturated heterocycles. The molecule has 0 spiro atoms. The third-order valence-corrected chi connectivity index (χ3v) is 3.95. The van der Waals surface area contributed by atoms with E-state index in [9.17, 15) is 9.59 Å². The van der Waals surface area contributed by atoms with Crippen LogP contribution in [0.5, 0.6) is 5.75 Å². The highest BCUT2D eigenvalue weighted by atomic mass is 16.5. The molecule has 1 heterocycles. The Kier molecular flexibility index (Phi) is 6.26. The first-order valence-corrected chi connectivity index (χ1v) is 7.87. The van der Waals surface area contributed by atoms with E-state index in [-0.39, 0.29) is 12.5 Å². The van der Waals surface area contributed by atoms with Crippen LogP contribution in [0.15, 0.2) is 24.3 Å². The molecule has 6 nitrogen and oxygen atoms in total. The molecule has 0 saturated carbocycles. The van der Waals surface area contributed by atoms with E-state index in [0.717, 1.165) is 25.1 Å². The lowest BCUT2D eigenvalue weighted by molar-refractivity contribution is -0.132. The summed E-state index contributed by atoms with van der Waals surface area (Å²) in [7, 11) is 1.28. The van der Waals surface area contributed by atoms with Crippen LogP contribution >= 0.6 is 0 Å². The minimum atomic E-state index is -0.588. The van der Waals surface area contributed by atoms with Gasteiger partial charge in [0.2, 0.25) is 5.91 Å². The number of alkyl carbamates (subject to hydrolysis) is 1. The Morgan fingerprint density at radius 3 is 2.74 bits per heavy atom. The lowest BCUT2D eigenvalue weighted by Gasteiger charge is -2.32. The van der Waals surface area contributed by atoms with E-state index in [2.05, 4.69) is 10.1 Å². The second-order valence-electron chi connectivity index (χ2n) is 5.82. The predicted molar refractivity (Wildman–Crippen MR) is 86.4 cm³/mol. The molecule has 1 atom stereocenters. The van der Waals surface area contributed by atoms with Crippen LogP contribution in [0.3, 0.4) is 0 Å². The lowest BCUT2D eigenvalue weighted by Crippen LogP contribution is -2.46. The number of nitrogens with zero attached hydrogens (tertiary/aromatic N) is 1. The quantitative estimate of drug-likeness (QED) is 0.900. The molecule has 23 heavy (non-hydrogen) atoms. The molecule has 1 unspecified atom stereocenters. The Balaban J connectivity index is 1.77.